The first-order valence-electron chi connectivity index (χ1n) is 8.83. The van der Waals surface area contributed by atoms with E-state index in [4.69, 9.17) is 0 Å². The number of sulfone groups is 1. The third kappa shape index (κ3) is 4.02. The van der Waals surface area contributed by atoms with Crippen molar-refractivity contribution >= 4 is 36.6 Å². The fraction of sp³-hybridized carbons (Fsp3) is 0. The number of rotatable bonds is 6. The Morgan fingerprint density at radius 1 is 0.710 bits per heavy atom. The van der Waals surface area contributed by atoms with E-state index in [1.165, 1.54) is 0 Å². The van der Waals surface area contributed by atoms with Crippen LogP contribution in [-0.2, 0) is 19.9 Å². The van der Waals surface area contributed by atoms with Crippen LogP contribution in [0.15, 0.2) is 87.5 Å². The maximum atomic E-state index is 13.3. The van der Waals surface area contributed by atoms with Gasteiger partial charge in [-0.25, -0.2) is 25.6 Å². The second-order valence-electron chi connectivity index (χ2n) is 6.52. The highest BCUT2D eigenvalue weighted by atomic mass is 32.2. The van der Waals surface area contributed by atoms with Crippen molar-refractivity contribution < 1.29 is 25.6 Å². The summed E-state index contributed by atoms with van der Waals surface area (Å²) >= 11 is 0. The maximum absolute atomic E-state index is 13.3. The Morgan fingerprint density at radius 3 is 1.87 bits per heavy atom. The SMILES string of the molecule is O=S(=O)(NNc1[nH]c2ccccc2c1S(=O)(=O)c1ccc(F)cc1)c1ccc(F)cc1. The summed E-state index contributed by atoms with van der Waals surface area (Å²) in [4.78, 5) is 4.33. The maximum Gasteiger partial charge on any atom is 0.257 e. The first-order chi connectivity index (χ1) is 14.7. The Hall–Kier alpha value is -3.28. The third-order valence-corrected chi connectivity index (χ3v) is 7.60. The largest absolute Gasteiger partial charge is 0.339 e. The monoisotopic (exact) mass is 463 g/mol. The van der Waals surface area contributed by atoms with Gasteiger partial charge < -0.3 is 4.98 Å². The molecule has 0 aliphatic heterocycles. The van der Waals surface area contributed by atoms with E-state index >= 15 is 0 Å². The second kappa shape index (κ2) is 7.76. The molecule has 0 atom stereocenters. The van der Waals surface area contributed by atoms with E-state index in [2.05, 4.69) is 15.2 Å². The zero-order valence-corrected chi connectivity index (χ0v) is 17.3. The van der Waals surface area contributed by atoms with Crippen molar-refractivity contribution in [3.05, 3.63) is 84.4 Å². The second-order valence-corrected chi connectivity index (χ2v) is 10.1. The van der Waals surface area contributed by atoms with E-state index in [-0.39, 0.29) is 20.5 Å². The molecule has 0 unspecified atom stereocenters. The van der Waals surface area contributed by atoms with Crippen molar-refractivity contribution in [2.45, 2.75) is 14.7 Å². The van der Waals surface area contributed by atoms with Crippen LogP contribution in [0.5, 0.6) is 0 Å². The topological polar surface area (TPSA) is 108 Å². The van der Waals surface area contributed by atoms with Crippen LogP contribution < -0.4 is 10.3 Å². The lowest BCUT2D eigenvalue weighted by Crippen LogP contribution is -2.30. The molecule has 11 heteroatoms. The lowest BCUT2D eigenvalue weighted by atomic mass is 10.2. The summed E-state index contributed by atoms with van der Waals surface area (Å²) in [5.41, 5.74) is 2.84. The first kappa shape index (κ1) is 21.0. The molecule has 0 amide bonds. The van der Waals surface area contributed by atoms with Gasteiger partial charge in [0.05, 0.1) is 9.79 Å². The molecule has 7 nitrogen and oxygen atoms in total. The molecule has 4 aromatic rings. The summed E-state index contributed by atoms with van der Waals surface area (Å²) < 4.78 is 77.9. The fourth-order valence-electron chi connectivity index (χ4n) is 3.01. The molecule has 31 heavy (non-hydrogen) atoms. The third-order valence-electron chi connectivity index (χ3n) is 4.49. The van der Waals surface area contributed by atoms with E-state index in [9.17, 15) is 25.6 Å². The van der Waals surface area contributed by atoms with E-state index < -0.39 is 31.5 Å². The van der Waals surface area contributed by atoms with E-state index in [0.717, 1.165) is 48.5 Å². The van der Waals surface area contributed by atoms with E-state index in [1.54, 1.807) is 24.3 Å². The van der Waals surface area contributed by atoms with Gasteiger partial charge in [0.25, 0.3) is 10.0 Å². The number of aromatic amines is 1. The Kier molecular flexibility index (Phi) is 5.25. The molecular formula is C20H15F2N3O4S2. The standard InChI is InChI=1S/C20H15F2N3O4S2/c21-13-5-9-15(10-6-13)30(26,27)19-17-3-1-2-4-18(17)23-20(19)24-25-31(28,29)16-11-7-14(22)8-12-16/h1-12,23-25H. The molecule has 0 spiro atoms. The Balaban J connectivity index is 1.77. The van der Waals surface area contributed by atoms with Crippen molar-refractivity contribution in [3.8, 4) is 0 Å². The van der Waals surface area contributed by atoms with Crippen LogP contribution in [0.2, 0.25) is 0 Å². The van der Waals surface area contributed by atoms with Gasteiger partial charge in [-0.1, -0.05) is 18.2 Å². The summed E-state index contributed by atoms with van der Waals surface area (Å²) in [6.45, 7) is 0. The van der Waals surface area contributed by atoms with Crippen molar-refractivity contribution in [1.29, 1.82) is 0 Å². The molecule has 3 aromatic carbocycles. The van der Waals surface area contributed by atoms with Gasteiger partial charge in [0, 0.05) is 10.9 Å². The minimum Gasteiger partial charge on any atom is -0.339 e. The smallest absolute Gasteiger partial charge is 0.257 e. The molecule has 0 aliphatic rings. The van der Waals surface area contributed by atoms with Gasteiger partial charge in [0.15, 0.2) is 0 Å². The average Bonchev–Trinajstić information content (AvgIpc) is 3.12. The number of anilines is 1. The number of halogens is 2. The summed E-state index contributed by atoms with van der Waals surface area (Å²) in [5, 5.41) is 0.315. The summed E-state index contributed by atoms with van der Waals surface area (Å²) in [7, 11) is -8.29. The highest BCUT2D eigenvalue weighted by molar-refractivity contribution is 7.92. The van der Waals surface area contributed by atoms with Gasteiger partial charge >= 0.3 is 0 Å². The predicted molar refractivity (Wildman–Crippen MR) is 110 cm³/mol. The number of hydrogen-bond acceptors (Lipinski definition) is 5. The molecule has 0 aliphatic carbocycles. The molecule has 0 saturated heterocycles. The Labute approximate surface area is 176 Å². The van der Waals surface area contributed by atoms with Crippen LogP contribution in [-0.4, -0.2) is 21.8 Å². The molecule has 160 valence electrons. The summed E-state index contributed by atoms with van der Waals surface area (Å²) in [5.74, 6) is -1.32. The van der Waals surface area contributed by atoms with Crippen molar-refractivity contribution in [2.24, 2.45) is 0 Å². The highest BCUT2D eigenvalue weighted by Crippen LogP contribution is 2.34. The average molecular weight is 463 g/mol. The fourth-order valence-corrected chi connectivity index (χ4v) is 5.42. The number of nitrogens with one attached hydrogen (secondary N) is 3. The van der Waals surface area contributed by atoms with Crippen LogP contribution >= 0.6 is 0 Å². The molecule has 0 bridgehead atoms. The zero-order valence-electron chi connectivity index (χ0n) is 15.6. The van der Waals surface area contributed by atoms with Crippen LogP contribution in [0.25, 0.3) is 10.9 Å². The Bertz CT molecular complexity index is 1470. The zero-order chi connectivity index (χ0) is 22.2. The molecule has 0 saturated carbocycles. The number of fused-ring (bicyclic) bond motifs is 1. The minimum absolute atomic E-state index is 0.129. The first-order valence-corrected chi connectivity index (χ1v) is 11.8. The quantitative estimate of drug-likeness (QED) is 0.299. The van der Waals surface area contributed by atoms with Crippen LogP contribution in [0, 0.1) is 11.6 Å². The molecule has 4 rings (SSSR count). The Morgan fingerprint density at radius 2 is 1.26 bits per heavy atom. The number of aromatic nitrogens is 1. The van der Waals surface area contributed by atoms with Crippen molar-refractivity contribution in [3.63, 3.8) is 0 Å². The number of H-pyrrole nitrogens is 1. The van der Waals surface area contributed by atoms with Gasteiger partial charge in [0.1, 0.15) is 22.3 Å². The molecule has 3 N–H and O–H groups in total. The summed E-state index contributed by atoms with van der Waals surface area (Å²) in [6, 6.07) is 14.9. The molecule has 1 aromatic heterocycles. The number of hydrazine groups is 1. The summed E-state index contributed by atoms with van der Waals surface area (Å²) in [6.07, 6.45) is 0. The minimum atomic E-state index is -4.15. The highest BCUT2D eigenvalue weighted by Gasteiger charge is 2.27. The molecule has 1 heterocycles. The number of hydrogen-bond donors (Lipinski definition) is 3. The number of para-hydroxylation sites is 1. The number of benzene rings is 3. The lowest BCUT2D eigenvalue weighted by molar-refractivity contribution is 0.585. The van der Waals surface area contributed by atoms with Gasteiger partial charge in [-0.05, 0) is 54.6 Å². The molecular weight excluding hydrogens is 448 g/mol. The molecule has 0 radical (unpaired) electrons. The number of sulfonamides is 1. The normalized spacial score (nSPS) is 12.2. The van der Waals surface area contributed by atoms with Gasteiger partial charge in [-0.15, -0.1) is 4.83 Å². The van der Waals surface area contributed by atoms with Gasteiger partial charge in [-0.2, -0.15) is 0 Å². The van der Waals surface area contributed by atoms with Crippen molar-refractivity contribution in [1.82, 2.24) is 9.82 Å². The van der Waals surface area contributed by atoms with Gasteiger partial charge in [0.2, 0.25) is 9.84 Å². The van der Waals surface area contributed by atoms with Crippen LogP contribution in [0.1, 0.15) is 0 Å². The van der Waals surface area contributed by atoms with Crippen molar-refractivity contribution in [2.75, 3.05) is 5.43 Å². The van der Waals surface area contributed by atoms with E-state index in [0.29, 0.717) is 10.9 Å². The van der Waals surface area contributed by atoms with Gasteiger partial charge in [-0.3, -0.25) is 5.43 Å². The predicted octanol–water partition coefficient (Wildman–Crippen LogP) is 3.58. The van der Waals surface area contributed by atoms with Crippen LogP contribution in [0.3, 0.4) is 0 Å². The molecule has 0 fully saturated rings. The van der Waals surface area contributed by atoms with Crippen LogP contribution in [0.4, 0.5) is 14.6 Å². The van der Waals surface area contributed by atoms with E-state index in [1.807, 2.05) is 0 Å². The lowest BCUT2D eigenvalue weighted by Gasteiger charge is -2.11.